The third kappa shape index (κ3) is 2.48. The normalized spacial score (nSPS) is 20.4. The number of ether oxygens (including phenoxy) is 1. The minimum atomic E-state index is -0.919. The van der Waals surface area contributed by atoms with Crippen LogP contribution in [-0.4, -0.2) is 23.1 Å². The Hall–Kier alpha value is -2.04. The average molecular weight is 275 g/mol. The van der Waals surface area contributed by atoms with Crippen LogP contribution in [0.4, 0.5) is 5.69 Å². The van der Waals surface area contributed by atoms with E-state index in [1.54, 1.807) is 0 Å². The first-order chi connectivity index (χ1) is 9.63. The number of carboxylic acid groups (broad SMARTS) is 1. The Balaban J connectivity index is 1.82. The quantitative estimate of drug-likeness (QED) is 0.886. The summed E-state index contributed by atoms with van der Waals surface area (Å²) in [6.45, 7) is 0. The molecule has 0 bridgehead atoms. The lowest BCUT2D eigenvalue weighted by Crippen LogP contribution is -2.37. The van der Waals surface area contributed by atoms with Crippen molar-refractivity contribution in [1.29, 1.82) is 0 Å². The monoisotopic (exact) mass is 275 g/mol. The van der Waals surface area contributed by atoms with E-state index in [-0.39, 0.29) is 18.7 Å². The number of nitrogens with one attached hydrogen (secondary N) is 1. The fourth-order valence-corrected chi connectivity index (χ4v) is 2.82. The Morgan fingerprint density at radius 1 is 1.30 bits per heavy atom. The molecule has 0 spiro atoms. The second-order valence-electron chi connectivity index (χ2n) is 5.35. The summed E-state index contributed by atoms with van der Waals surface area (Å²) in [5, 5.41) is 11.5. The molecule has 0 saturated heterocycles. The van der Waals surface area contributed by atoms with E-state index in [1.165, 1.54) is 24.0 Å². The van der Waals surface area contributed by atoms with Gasteiger partial charge in [0.2, 0.25) is 0 Å². The zero-order valence-corrected chi connectivity index (χ0v) is 11.1. The molecule has 3 rings (SSSR count). The molecule has 5 heteroatoms. The number of rotatable bonds is 3. The molecule has 0 saturated carbocycles. The standard InChI is InChI=1S/C15H17NO4/c17-14(18)6-5-12-15(19)16-11-7-9-3-1-2-4-10(9)8-13(11)20-12/h7-8,12H,1-6H2,(H,16,19)(H,17,18)/t12-/m1/s1. The first kappa shape index (κ1) is 13.0. The minimum absolute atomic E-state index is 0.0711. The van der Waals surface area contributed by atoms with E-state index >= 15 is 0 Å². The molecule has 0 fully saturated rings. The maximum Gasteiger partial charge on any atom is 0.303 e. The molecule has 1 atom stereocenters. The van der Waals surface area contributed by atoms with E-state index in [9.17, 15) is 9.59 Å². The van der Waals surface area contributed by atoms with Gasteiger partial charge in [-0.15, -0.1) is 0 Å². The number of hydrogen-bond donors (Lipinski definition) is 2. The van der Waals surface area contributed by atoms with Crippen molar-refractivity contribution >= 4 is 17.6 Å². The zero-order valence-electron chi connectivity index (χ0n) is 11.1. The fourth-order valence-electron chi connectivity index (χ4n) is 2.82. The van der Waals surface area contributed by atoms with Crippen molar-refractivity contribution in [3.8, 4) is 5.75 Å². The Morgan fingerprint density at radius 3 is 2.70 bits per heavy atom. The molecule has 0 unspecified atom stereocenters. The predicted octanol–water partition coefficient (Wildman–Crippen LogP) is 2.13. The molecule has 1 heterocycles. The number of carbonyl (C=O) groups excluding carboxylic acids is 1. The van der Waals surface area contributed by atoms with Crippen LogP contribution in [0, 0.1) is 0 Å². The molecule has 1 aromatic carbocycles. The lowest BCUT2D eigenvalue weighted by Gasteiger charge is -2.28. The number of hydrogen-bond acceptors (Lipinski definition) is 3. The van der Waals surface area contributed by atoms with Gasteiger partial charge in [-0.3, -0.25) is 9.59 Å². The number of aryl methyl sites for hydroxylation is 2. The molecule has 2 aliphatic rings. The van der Waals surface area contributed by atoms with Crippen LogP contribution in [0.25, 0.3) is 0 Å². The number of carbonyl (C=O) groups is 2. The second kappa shape index (κ2) is 5.15. The van der Waals surface area contributed by atoms with Crippen molar-refractivity contribution in [2.75, 3.05) is 5.32 Å². The highest BCUT2D eigenvalue weighted by Crippen LogP contribution is 2.36. The maximum absolute atomic E-state index is 11.9. The van der Waals surface area contributed by atoms with Crippen LogP contribution in [0.5, 0.6) is 5.75 Å². The molecule has 1 amide bonds. The average Bonchev–Trinajstić information content (AvgIpc) is 2.43. The van der Waals surface area contributed by atoms with Crippen LogP contribution < -0.4 is 10.1 Å². The number of fused-ring (bicyclic) bond motifs is 2. The van der Waals surface area contributed by atoms with Crippen molar-refractivity contribution in [1.82, 2.24) is 0 Å². The SMILES string of the molecule is O=C(O)CC[C@H]1Oc2cc3c(cc2NC1=O)CCCC3. The maximum atomic E-state index is 11.9. The van der Waals surface area contributed by atoms with Gasteiger partial charge in [-0.25, -0.2) is 0 Å². The summed E-state index contributed by atoms with van der Waals surface area (Å²) in [4.78, 5) is 22.5. The lowest BCUT2D eigenvalue weighted by atomic mass is 9.90. The molecule has 1 aliphatic heterocycles. The van der Waals surface area contributed by atoms with Gasteiger partial charge in [0.05, 0.1) is 5.69 Å². The summed E-state index contributed by atoms with van der Waals surface area (Å²) < 4.78 is 5.69. The fraction of sp³-hybridized carbons (Fsp3) is 0.467. The van der Waals surface area contributed by atoms with Crippen LogP contribution >= 0.6 is 0 Å². The van der Waals surface area contributed by atoms with Crippen molar-refractivity contribution in [3.63, 3.8) is 0 Å². The van der Waals surface area contributed by atoms with Gasteiger partial charge in [0.25, 0.3) is 5.91 Å². The molecule has 5 nitrogen and oxygen atoms in total. The predicted molar refractivity (Wildman–Crippen MR) is 73.0 cm³/mol. The summed E-state index contributed by atoms with van der Waals surface area (Å²) in [5.74, 6) is -0.507. The highest BCUT2D eigenvalue weighted by atomic mass is 16.5. The van der Waals surface area contributed by atoms with Crippen LogP contribution in [-0.2, 0) is 22.4 Å². The summed E-state index contributed by atoms with van der Waals surface area (Å²) in [7, 11) is 0. The molecule has 106 valence electrons. The summed E-state index contributed by atoms with van der Waals surface area (Å²) in [5.41, 5.74) is 3.27. The van der Waals surface area contributed by atoms with Crippen LogP contribution in [0.3, 0.4) is 0 Å². The van der Waals surface area contributed by atoms with E-state index in [1.807, 2.05) is 12.1 Å². The van der Waals surface area contributed by atoms with Gasteiger partial charge in [0, 0.05) is 12.8 Å². The Labute approximate surface area is 116 Å². The smallest absolute Gasteiger partial charge is 0.303 e. The van der Waals surface area contributed by atoms with Gasteiger partial charge in [0.1, 0.15) is 5.75 Å². The first-order valence-corrected chi connectivity index (χ1v) is 6.98. The third-order valence-electron chi connectivity index (χ3n) is 3.88. The number of carboxylic acids is 1. The van der Waals surface area contributed by atoms with E-state index in [0.717, 1.165) is 12.8 Å². The van der Waals surface area contributed by atoms with E-state index in [4.69, 9.17) is 9.84 Å². The van der Waals surface area contributed by atoms with Crippen molar-refractivity contribution < 1.29 is 19.4 Å². The number of anilines is 1. The number of amides is 1. The topological polar surface area (TPSA) is 75.6 Å². The largest absolute Gasteiger partial charge is 0.481 e. The van der Waals surface area contributed by atoms with Gasteiger partial charge in [-0.05, 0) is 48.9 Å². The van der Waals surface area contributed by atoms with E-state index in [2.05, 4.69) is 5.32 Å². The summed E-state index contributed by atoms with van der Waals surface area (Å²) in [6, 6.07) is 3.99. The molecular formula is C15H17NO4. The Morgan fingerprint density at radius 2 is 2.00 bits per heavy atom. The van der Waals surface area contributed by atoms with Gasteiger partial charge in [0.15, 0.2) is 6.10 Å². The zero-order chi connectivity index (χ0) is 14.1. The van der Waals surface area contributed by atoms with Crippen molar-refractivity contribution in [2.24, 2.45) is 0 Å². The third-order valence-corrected chi connectivity index (χ3v) is 3.88. The van der Waals surface area contributed by atoms with E-state index < -0.39 is 12.1 Å². The van der Waals surface area contributed by atoms with Crippen LogP contribution in [0.15, 0.2) is 12.1 Å². The molecule has 0 radical (unpaired) electrons. The highest BCUT2D eigenvalue weighted by Gasteiger charge is 2.29. The van der Waals surface area contributed by atoms with Crippen molar-refractivity contribution in [3.05, 3.63) is 23.3 Å². The molecule has 1 aliphatic carbocycles. The van der Waals surface area contributed by atoms with Crippen LogP contribution in [0.2, 0.25) is 0 Å². The minimum Gasteiger partial charge on any atom is -0.481 e. The molecule has 20 heavy (non-hydrogen) atoms. The summed E-state index contributed by atoms with van der Waals surface area (Å²) in [6.07, 6.45) is 3.86. The lowest BCUT2D eigenvalue weighted by molar-refractivity contribution is -0.137. The molecule has 0 aromatic heterocycles. The first-order valence-electron chi connectivity index (χ1n) is 6.98. The molecule has 1 aromatic rings. The van der Waals surface area contributed by atoms with Gasteiger partial charge in [-0.1, -0.05) is 0 Å². The van der Waals surface area contributed by atoms with Gasteiger partial charge < -0.3 is 15.2 Å². The van der Waals surface area contributed by atoms with E-state index in [0.29, 0.717) is 11.4 Å². The Kier molecular flexibility index (Phi) is 3.34. The highest BCUT2D eigenvalue weighted by molar-refractivity contribution is 5.98. The summed E-state index contributed by atoms with van der Waals surface area (Å²) >= 11 is 0. The molecular weight excluding hydrogens is 258 g/mol. The van der Waals surface area contributed by atoms with Gasteiger partial charge in [-0.2, -0.15) is 0 Å². The number of aliphatic carboxylic acids is 1. The molecule has 2 N–H and O–H groups in total. The number of benzene rings is 1. The second-order valence-corrected chi connectivity index (χ2v) is 5.35. The van der Waals surface area contributed by atoms with Gasteiger partial charge >= 0.3 is 5.97 Å². The van der Waals surface area contributed by atoms with Crippen LogP contribution in [0.1, 0.15) is 36.8 Å². The Bertz CT molecular complexity index is 567. The van der Waals surface area contributed by atoms with Crippen molar-refractivity contribution in [2.45, 2.75) is 44.6 Å².